The predicted molar refractivity (Wildman–Crippen MR) is 110 cm³/mol. The van der Waals surface area contributed by atoms with Crippen molar-refractivity contribution < 1.29 is 18.7 Å². The lowest BCUT2D eigenvalue weighted by molar-refractivity contribution is -0.128. The Morgan fingerprint density at radius 1 is 1.18 bits per heavy atom. The summed E-state index contributed by atoms with van der Waals surface area (Å²) in [6, 6.07) is 10.9. The van der Waals surface area contributed by atoms with E-state index in [1.54, 1.807) is 37.3 Å². The summed E-state index contributed by atoms with van der Waals surface area (Å²) in [4.78, 5) is 18.8. The number of ether oxygens (including phenoxy) is 2. The second kappa shape index (κ2) is 9.21. The van der Waals surface area contributed by atoms with Crippen LogP contribution in [0.1, 0.15) is 12.5 Å². The molecule has 6 nitrogen and oxygen atoms in total. The van der Waals surface area contributed by atoms with Crippen molar-refractivity contribution in [3.8, 4) is 11.5 Å². The Balaban J connectivity index is 1.64. The number of amides is 1. The average Bonchev–Trinajstić information content (AvgIpc) is 3.11. The second-order valence-electron chi connectivity index (χ2n) is 5.98. The molecule has 0 fully saturated rings. The van der Waals surface area contributed by atoms with Gasteiger partial charge in [-0.15, -0.1) is 0 Å². The maximum absolute atomic E-state index is 12.7. The Hall–Kier alpha value is -2.38. The number of halogens is 1. The molecule has 28 heavy (non-hydrogen) atoms. The number of hydrogen-bond acceptors (Lipinski definition) is 6. The molecule has 0 radical (unpaired) electrons. The van der Waals surface area contributed by atoms with Crippen molar-refractivity contribution in [2.75, 3.05) is 26.5 Å². The molecule has 0 aliphatic heterocycles. The van der Waals surface area contributed by atoms with Crippen molar-refractivity contribution >= 4 is 40.4 Å². The van der Waals surface area contributed by atoms with Gasteiger partial charge in [-0.3, -0.25) is 4.79 Å². The SMILES string of the molecule is CCN(Cc1ccc(OC)c(OC)c1)C(=O)CSc1nc2ccc(Cl)cc2o1. The van der Waals surface area contributed by atoms with E-state index >= 15 is 0 Å². The number of fused-ring (bicyclic) bond motifs is 1. The van der Waals surface area contributed by atoms with E-state index in [2.05, 4.69) is 4.98 Å². The molecule has 8 heteroatoms. The number of thioether (sulfide) groups is 1. The Labute approximate surface area is 172 Å². The van der Waals surface area contributed by atoms with E-state index in [9.17, 15) is 4.79 Å². The maximum Gasteiger partial charge on any atom is 0.257 e. The van der Waals surface area contributed by atoms with Crippen LogP contribution in [0.2, 0.25) is 5.02 Å². The molecule has 0 unspecified atom stereocenters. The monoisotopic (exact) mass is 420 g/mol. The largest absolute Gasteiger partial charge is 0.493 e. The van der Waals surface area contributed by atoms with Gasteiger partial charge in [0.05, 0.1) is 20.0 Å². The molecule has 2 aromatic carbocycles. The number of benzene rings is 2. The van der Waals surface area contributed by atoms with Crippen LogP contribution in [0.25, 0.3) is 11.1 Å². The van der Waals surface area contributed by atoms with Crippen LogP contribution in [-0.2, 0) is 11.3 Å². The number of methoxy groups -OCH3 is 2. The zero-order valence-electron chi connectivity index (χ0n) is 15.9. The highest BCUT2D eigenvalue weighted by Gasteiger charge is 2.16. The summed E-state index contributed by atoms with van der Waals surface area (Å²) < 4.78 is 16.2. The summed E-state index contributed by atoms with van der Waals surface area (Å²) in [5.41, 5.74) is 2.30. The fourth-order valence-corrected chi connectivity index (χ4v) is 3.63. The van der Waals surface area contributed by atoms with Crippen molar-refractivity contribution in [3.63, 3.8) is 0 Å². The minimum atomic E-state index is 0.00238. The van der Waals surface area contributed by atoms with Crippen LogP contribution in [0, 0.1) is 0 Å². The van der Waals surface area contributed by atoms with E-state index in [4.69, 9.17) is 25.5 Å². The van der Waals surface area contributed by atoms with Crippen LogP contribution < -0.4 is 9.47 Å². The minimum Gasteiger partial charge on any atom is -0.493 e. The Bertz CT molecular complexity index is 976. The summed E-state index contributed by atoms with van der Waals surface area (Å²) in [5.74, 6) is 1.54. The lowest BCUT2D eigenvalue weighted by Gasteiger charge is -2.21. The van der Waals surface area contributed by atoms with Crippen molar-refractivity contribution in [3.05, 3.63) is 47.0 Å². The van der Waals surface area contributed by atoms with E-state index < -0.39 is 0 Å². The zero-order valence-corrected chi connectivity index (χ0v) is 17.5. The molecule has 0 aliphatic rings. The topological polar surface area (TPSA) is 64.8 Å². The number of carbonyl (C=O) groups excluding carboxylic acids is 1. The van der Waals surface area contributed by atoms with Crippen LogP contribution in [0.5, 0.6) is 11.5 Å². The molecule has 0 aliphatic carbocycles. The van der Waals surface area contributed by atoms with Gasteiger partial charge in [-0.25, -0.2) is 4.98 Å². The lowest BCUT2D eigenvalue weighted by atomic mass is 10.2. The van der Waals surface area contributed by atoms with Crippen LogP contribution in [0.3, 0.4) is 0 Å². The first kappa shape index (κ1) is 20.4. The van der Waals surface area contributed by atoms with Gasteiger partial charge >= 0.3 is 0 Å². The smallest absolute Gasteiger partial charge is 0.257 e. The van der Waals surface area contributed by atoms with E-state index in [-0.39, 0.29) is 11.7 Å². The molecule has 0 N–H and O–H groups in total. The standard InChI is InChI=1S/C20H21ClN2O4S/c1-4-23(11-13-5-8-16(25-2)18(9-13)26-3)19(24)12-28-20-22-15-7-6-14(21)10-17(15)27-20/h5-10H,4,11-12H2,1-3H3. The quantitative estimate of drug-likeness (QED) is 0.494. The highest BCUT2D eigenvalue weighted by atomic mass is 35.5. The van der Waals surface area contributed by atoms with Crippen molar-refractivity contribution in [2.45, 2.75) is 18.7 Å². The van der Waals surface area contributed by atoms with Crippen molar-refractivity contribution in [1.82, 2.24) is 9.88 Å². The number of hydrogen-bond donors (Lipinski definition) is 0. The number of aromatic nitrogens is 1. The number of oxazole rings is 1. The third kappa shape index (κ3) is 4.72. The molecule has 3 aromatic rings. The molecule has 0 atom stereocenters. The zero-order chi connectivity index (χ0) is 20.1. The molecule has 1 amide bonds. The number of rotatable bonds is 8. The van der Waals surface area contributed by atoms with Crippen LogP contribution in [0.15, 0.2) is 46.0 Å². The average molecular weight is 421 g/mol. The van der Waals surface area contributed by atoms with Crippen molar-refractivity contribution in [1.29, 1.82) is 0 Å². The lowest BCUT2D eigenvalue weighted by Crippen LogP contribution is -2.31. The van der Waals surface area contributed by atoms with Gasteiger partial charge in [-0.1, -0.05) is 29.4 Å². The fraction of sp³-hybridized carbons (Fsp3) is 0.300. The van der Waals surface area contributed by atoms with Crippen LogP contribution in [-0.4, -0.2) is 42.3 Å². The van der Waals surface area contributed by atoms with Gasteiger partial charge < -0.3 is 18.8 Å². The Morgan fingerprint density at radius 2 is 1.96 bits per heavy atom. The van der Waals surface area contributed by atoms with Crippen molar-refractivity contribution in [2.24, 2.45) is 0 Å². The molecular weight excluding hydrogens is 400 g/mol. The van der Waals surface area contributed by atoms with Gasteiger partial charge in [0, 0.05) is 24.2 Å². The third-order valence-corrected chi connectivity index (χ3v) is 5.25. The summed E-state index contributed by atoms with van der Waals surface area (Å²) in [5, 5.41) is 1.04. The normalized spacial score (nSPS) is 10.9. The molecule has 1 heterocycles. The first-order chi connectivity index (χ1) is 13.5. The van der Waals surface area contributed by atoms with Crippen LogP contribution in [0.4, 0.5) is 0 Å². The maximum atomic E-state index is 12.7. The first-order valence-corrected chi connectivity index (χ1v) is 10.1. The summed E-state index contributed by atoms with van der Waals surface area (Å²) in [6.45, 7) is 3.03. The molecular formula is C20H21ClN2O4S. The van der Waals surface area contributed by atoms with E-state index in [0.29, 0.717) is 40.4 Å². The summed E-state index contributed by atoms with van der Waals surface area (Å²) in [6.07, 6.45) is 0. The number of nitrogens with zero attached hydrogens (tertiary/aromatic N) is 2. The minimum absolute atomic E-state index is 0.00238. The fourth-order valence-electron chi connectivity index (χ4n) is 2.73. The van der Waals surface area contributed by atoms with E-state index in [0.717, 1.165) is 11.1 Å². The Kier molecular flexibility index (Phi) is 6.70. The van der Waals surface area contributed by atoms with Gasteiger partial charge in [0.25, 0.3) is 5.22 Å². The molecule has 0 spiro atoms. The van der Waals surface area contributed by atoms with E-state index in [1.807, 2.05) is 25.1 Å². The van der Waals surface area contributed by atoms with E-state index in [1.165, 1.54) is 11.8 Å². The molecule has 0 saturated heterocycles. The first-order valence-electron chi connectivity index (χ1n) is 8.71. The Morgan fingerprint density at radius 3 is 2.68 bits per heavy atom. The van der Waals surface area contributed by atoms with Gasteiger partial charge in [0.15, 0.2) is 17.1 Å². The molecule has 0 saturated carbocycles. The third-order valence-electron chi connectivity index (χ3n) is 4.21. The predicted octanol–water partition coefficient (Wildman–Crippen LogP) is 4.64. The van der Waals surface area contributed by atoms with Gasteiger partial charge in [0.2, 0.25) is 5.91 Å². The van der Waals surface area contributed by atoms with Crippen LogP contribution >= 0.6 is 23.4 Å². The molecule has 148 valence electrons. The highest BCUT2D eigenvalue weighted by Crippen LogP contribution is 2.29. The second-order valence-corrected chi connectivity index (χ2v) is 7.34. The molecule has 1 aromatic heterocycles. The highest BCUT2D eigenvalue weighted by molar-refractivity contribution is 7.99. The summed E-state index contributed by atoms with van der Waals surface area (Å²) in [7, 11) is 3.19. The molecule has 3 rings (SSSR count). The van der Waals surface area contributed by atoms with Gasteiger partial charge in [-0.05, 0) is 36.8 Å². The number of carbonyl (C=O) groups is 1. The summed E-state index contributed by atoms with van der Waals surface area (Å²) >= 11 is 7.23. The molecule has 0 bridgehead atoms. The van der Waals surface area contributed by atoms with Gasteiger partial charge in [0.1, 0.15) is 5.52 Å². The van der Waals surface area contributed by atoms with Gasteiger partial charge in [-0.2, -0.15) is 0 Å².